The lowest BCUT2D eigenvalue weighted by atomic mass is 9.85. The minimum absolute atomic E-state index is 0.455. The van der Waals surface area contributed by atoms with Gasteiger partial charge in [-0.1, -0.05) is 18.1 Å². The van der Waals surface area contributed by atoms with E-state index in [4.69, 9.17) is 6.42 Å². The lowest BCUT2D eigenvalue weighted by Crippen LogP contribution is -2.34. The van der Waals surface area contributed by atoms with Gasteiger partial charge in [-0.05, 0) is 17.2 Å². The fourth-order valence-electron chi connectivity index (χ4n) is 1.91. The zero-order valence-electron chi connectivity index (χ0n) is 7.77. The lowest BCUT2D eigenvalue weighted by Gasteiger charge is -2.26. The molecular formula is C12H12O2. The molecule has 1 aromatic carbocycles. The Morgan fingerprint density at radius 1 is 1.21 bits per heavy atom. The summed E-state index contributed by atoms with van der Waals surface area (Å²) in [5.74, 6) is 2.60. The van der Waals surface area contributed by atoms with Crippen LogP contribution in [0.1, 0.15) is 16.7 Å². The number of aliphatic hydroxyl groups excluding tert-OH is 2. The Balaban J connectivity index is 2.47. The SMILES string of the molecule is C#Cc1cccc2c1CC(O)C(O)C2. The normalized spacial score (nSPS) is 25.2. The van der Waals surface area contributed by atoms with Crippen molar-refractivity contribution in [2.75, 3.05) is 0 Å². The highest BCUT2D eigenvalue weighted by atomic mass is 16.3. The molecule has 0 bridgehead atoms. The lowest BCUT2D eigenvalue weighted by molar-refractivity contribution is 0.0141. The fourth-order valence-corrected chi connectivity index (χ4v) is 1.91. The highest BCUT2D eigenvalue weighted by Crippen LogP contribution is 2.24. The van der Waals surface area contributed by atoms with Crippen molar-refractivity contribution in [1.29, 1.82) is 0 Å². The van der Waals surface area contributed by atoms with E-state index in [9.17, 15) is 10.2 Å². The largest absolute Gasteiger partial charge is 0.390 e. The highest BCUT2D eigenvalue weighted by Gasteiger charge is 2.25. The van der Waals surface area contributed by atoms with Crippen molar-refractivity contribution in [2.45, 2.75) is 25.0 Å². The van der Waals surface area contributed by atoms with Crippen LogP contribution in [0.2, 0.25) is 0 Å². The van der Waals surface area contributed by atoms with E-state index in [-0.39, 0.29) is 0 Å². The van der Waals surface area contributed by atoms with Crippen LogP contribution in [0.5, 0.6) is 0 Å². The van der Waals surface area contributed by atoms with Gasteiger partial charge in [0.1, 0.15) is 0 Å². The van der Waals surface area contributed by atoms with Crippen LogP contribution in [0, 0.1) is 12.3 Å². The molecule has 2 N–H and O–H groups in total. The molecule has 2 nitrogen and oxygen atoms in total. The summed E-state index contributed by atoms with van der Waals surface area (Å²) in [5, 5.41) is 19.0. The number of hydrogen-bond acceptors (Lipinski definition) is 2. The van der Waals surface area contributed by atoms with Crippen LogP contribution in [0.15, 0.2) is 18.2 Å². The summed E-state index contributed by atoms with van der Waals surface area (Å²) >= 11 is 0. The maximum Gasteiger partial charge on any atom is 0.0843 e. The molecule has 0 aromatic heterocycles. The van der Waals surface area contributed by atoms with Gasteiger partial charge in [-0.2, -0.15) is 0 Å². The second-order valence-corrected chi connectivity index (χ2v) is 3.63. The first kappa shape index (κ1) is 9.26. The average molecular weight is 188 g/mol. The number of aliphatic hydroxyl groups is 2. The molecule has 1 aromatic rings. The third-order valence-corrected chi connectivity index (χ3v) is 2.72. The molecule has 0 aliphatic heterocycles. The Morgan fingerprint density at radius 2 is 1.93 bits per heavy atom. The first-order valence-electron chi connectivity index (χ1n) is 4.66. The monoisotopic (exact) mass is 188 g/mol. The number of benzene rings is 1. The maximum atomic E-state index is 9.53. The van der Waals surface area contributed by atoms with Crippen molar-refractivity contribution in [3.63, 3.8) is 0 Å². The molecule has 0 radical (unpaired) electrons. The molecule has 0 amide bonds. The van der Waals surface area contributed by atoms with E-state index in [1.807, 2.05) is 18.2 Å². The average Bonchev–Trinajstić information content (AvgIpc) is 2.19. The zero-order chi connectivity index (χ0) is 10.1. The van der Waals surface area contributed by atoms with Gasteiger partial charge in [0.25, 0.3) is 0 Å². The number of rotatable bonds is 0. The van der Waals surface area contributed by atoms with E-state index in [0.717, 1.165) is 16.7 Å². The summed E-state index contributed by atoms with van der Waals surface area (Å²) in [6, 6.07) is 5.70. The quantitative estimate of drug-likeness (QED) is 0.582. The Kier molecular flexibility index (Phi) is 2.28. The van der Waals surface area contributed by atoms with Crippen LogP contribution in [0.25, 0.3) is 0 Å². The minimum Gasteiger partial charge on any atom is -0.390 e. The van der Waals surface area contributed by atoms with Crippen LogP contribution in [-0.2, 0) is 12.8 Å². The van der Waals surface area contributed by atoms with Gasteiger partial charge in [-0.25, -0.2) is 0 Å². The minimum atomic E-state index is -0.683. The van der Waals surface area contributed by atoms with Gasteiger partial charge >= 0.3 is 0 Å². The van der Waals surface area contributed by atoms with Crippen LogP contribution in [0.3, 0.4) is 0 Å². The molecule has 0 saturated heterocycles. The van der Waals surface area contributed by atoms with Gasteiger partial charge in [0.05, 0.1) is 12.2 Å². The van der Waals surface area contributed by atoms with Crippen LogP contribution in [0.4, 0.5) is 0 Å². The van der Waals surface area contributed by atoms with Crippen molar-refractivity contribution in [3.8, 4) is 12.3 Å². The molecule has 0 spiro atoms. The maximum absolute atomic E-state index is 9.53. The van der Waals surface area contributed by atoms with Gasteiger partial charge in [-0.3, -0.25) is 0 Å². The first-order chi connectivity index (χ1) is 6.72. The molecule has 0 heterocycles. The Hall–Kier alpha value is -1.30. The van der Waals surface area contributed by atoms with Gasteiger partial charge in [0.2, 0.25) is 0 Å². The molecule has 1 aliphatic carbocycles. The third-order valence-electron chi connectivity index (χ3n) is 2.72. The zero-order valence-corrected chi connectivity index (χ0v) is 7.77. The van der Waals surface area contributed by atoms with Crippen LogP contribution >= 0.6 is 0 Å². The molecule has 2 heteroatoms. The molecule has 72 valence electrons. The van der Waals surface area contributed by atoms with E-state index in [2.05, 4.69) is 5.92 Å². The fraction of sp³-hybridized carbons (Fsp3) is 0.333. The van der Waals surface area contributed by atoms with Gasteiger partial charge < -0.3 is 10.2 Å². The van der Waals surface area contributed by atoms with E-state index < -0.39 is 12.2 Å². The molecule has 14 heavy (non-hydrogen) atoms. The smallest absolute Gasteiger partial charge is 0.0843 e. The third kappa shape index (κ3) is 1.41. The Morgan fingerprint density at radius 3 is 2.64 bits per heavy atom. The van der Waals surface area contributed by atoms with Gasteiger partial charge in [0, 0.05) is 18.4 Å². The van der Waals surface area contributed by atoms with E-state index >= 15 is 0 Å². The number of terminal acetylenes is 1. The molecule has 0 fully saturated rings. The standard InChI is InChI=1S/C12H12O2/c1-2-8-4-3-5-9-6-11(13)12(14)7-10(8)9/h1,3-5,11-14H,6-7H2. The summed E-state index contributed by atoms with van der Waals surface area (Å²) < 4.78 is 0. The van der Waals surface area contributed by atoms with Gasteiger partial charge in [0.15, 0.2) is 0 Å². The van der Waals surface area contributed by atoms with E-state index in [1.165, 1.54) is 0 Å². The molecule has 2 atom stereocenters. The Bertz CT molecular complexity index is 390. The summed E-state index contributed by atoms with van der Waals surface area (Å²) in [6.07, 6.45) is 4.97. The van der Waals surface area contributed by atoms with Crippen molar-refractivity contribution in [2.24, 2.45) is 0 Å². The second kappa shape index (κ2) is 3.45. The molecule has 0 saturated carbocycles. The van der Waals surface area contributed by atoms with Gasteiger partial charge in [-0.15, -0.1) is 6.42 Å². The molecule has 2 unspecified atom stereocenters. The topological polar surface area (TPSA) is 40.5 Å². The number of hydrogen-bond donors (Lipinski definition) is 2. The van der Waals surface area contributed by atoms with Crippen molar-refractivity contribution >= 4 is 0 Å². The second-order valence-electron chi connectivity index (χ2n) is 3.63. The molecular weight excluding hydrogens is 176 g/mol. The predicted octanol–water partition coefficient (Wildman–Crippen LogP) is 0.488. The van der Waals surface area contributed by atoms with Crippen LogP contribution < -0.4 is 0 Å². The van der Waals surface area contributed by atoms with Crippen molar-refractivity contribution in [3.05, 3.63) is 34.9 Å². The van der Waals surface area contributed by atoms with Crippen LogP contribution in [-0.4, -0.2) is 22.4 Å². The first-order valence-corrected chi connectivity index (χ1v) is 4.66. The summed E-state index contributed by atoms with van der Waals surface area (Å²) in [5.41, 5.74) is 2.89. The molecule has 1 aliphatic rings. The summed E-state index contributed by atoms with van der Waals surface area (Å²) in [7, 11) is 0. The molecule has 2 rings (SSSR count). The highest BCUT2D eigenvalue weighted by molar-refractivity contribution is 5.46. The summed E-state index contributed by atoms with van der Waals surface area (Å²) in [4.78, 5) is 0. The number of fused-ring (bicyclic) bond motifs is 1. The van der Waals surface area contributed by atoms with Crippen molar-refractivity contribution < 1.29 is 10.2 Å². The van der Waals surface area contributed by atoms with E-state index in [1.54, 1.807) is 0 Å². The summed E-state index contributed by atoms with van der Waals surface area (Å²) in [6.45, 7) is 0. The van der Waals surface area contributed by atoms with E-state index in [0.29, 0.717) is 12.8 Å². The Labute approximate surface area is 83.2 Å². The van der Waals surface area contributed by atoms with Crippen molar-refractivity contribution in [1.82, 2.24) is 0 Å². The predicted molar refractivity (Wildman–Crippen MR) is 53.8 cm³/mol.